The van der Waals surface area contributed by atoms with Crippen LogP contribution >= 0.6 is 11.6 Å². The lowest BCUT2D eigenvalue weighted by molar-refractivity contribution is 0.0599. The summed E-state index contributed by atoms with van der Waals surface area (Å²) in [4.78, 5) is 16.9. The molecule has 0 saturated carbocycles. The number of nitrogens with zero attached hydrogens (tertiary/aromatic N) is 2. The van der Waals surface area contributed by atoms with Crippen LogP contribution in [-0.2, 0) is 17.9 Å². The molecular formula is C24H30ClFN2O3. The smallest absolute Gasteiger partial charge is 0.410 e. The number of piperidine rings is 1. The van der Waals surface area contributed by atoms with Crippen LogP contribution in [0.1, 0.15) is 37.8 Å². The average Bonchev–Trinajstić information content (AvgIpc) is 2.73. The number of amides is 1. The van der Waals surface area contributed by atoms with Gasteiger partial charge in [-0.1, -0.05) is 29.8 Å². The molecule has 0 aliphatic carbocycles. The van der Waals surface area contributed by atoms with E-state index in [1.165, 1.54) is 6.07 Å². The molecule has 31 heavy (non-hydrogen) atoms. The van der Waals surface area contributed by atoms with E-state index >= 15 is 0 Å². The van der Waals surface area contributed by atoms with Gasteiger partial charge in [-0.15, -0.1) is 0 Å². The maximum atomic E-state index is 14.4. The maximum Gasteiger partial charge on any atom is 0.410 e. The van der Waals surface area contributed by atoms with Crippen molar-refractivity contribution in [2.24, 2.45) is 0 Å². The van der Waals surface area contributed by atoms with E-state index in [0.717, 1.165) is 37.2 Å². The van der Waals surface area contributed by atoms with Crippen molar-refractivity contribution in [3.8, 4) is 5.75 Å². The van der Waals surface area contributed by atoms with Gasteiger partial charge in [-0.2, -0.15) is 0 Å². The number of hydrogen-bond donors (Lipinski definition) is 0. The van der Waals surface area contributed by atoms with Crippen molar-refractivity contribution in [2.75, 3.05) is 20.1 Å². The Morgan fingerprint density at radius 3 is 2.48 bits per heavy atom. The SMILES string of the molecule is CC(C)Oc1ccc(COC(=O)N(Cc2ccc(Cl)cc2F)C2CCN(C)CC2)cc1. The van der Waals surface area contributed by atoms with Gasteiger partial charge in [0.15, 0.2) is 0 Å². The molecule has 0 atom stereocenters. The molecule has 1 fully saturated rings. The highest BCUT2D eigenvalue weighted by Crippen LogP contribution is 2.23. The average molecular weight is 449 g/mol. The summed E-state index contributed by atoms with van der Waals surface area (Å²) >= 11 is 5.88. The van der Waals surface area contributed by atoms with E-state index in [-0.39, 0.29) is 25.3 Å². The summed E-state index contributed by atoms with van der Waals surface area (Å²) in [5.74, 6) is 0.357. The van der Waals surface area contributed by atoms with Crippen LogP contribution in [0.15, 0.2) is 42.5 Å². The minimum absolute atomic E-state index is 0.000552. The molecule has 2 aromatic rings. The zero-order chi connectivity index (χ0) is 22.4. The third kappa shape index (κ3) is 6.84. The van der Waals surface area contributed by atoms with Gasteiger partial charge in [-0.05, 0) is 76.7 Å². The van der Waals surface area contributed by atoms with Crippen molar-refractivity contribution < 1.29 is 18.7 Å². The fraction of sp³-hybridized carbons (Fsp3) is 0.458. The zero-order valence-electron chi connectivity index (χ0n) is 18.3. The highest BCUT2D eigenvalue weighted by Gasteiger charge is 2.29. The van der Waals surface area contributed by atoms with E-state index < -0.39 is 11.9 Å². The van der Waals surface area contributed by atoms with Crippen molar-refractivity contribution in [3.63, 3.8) is 0 Å². The number of ether oxygens (including phenoxy) is 2. The monoisotopic (exact) mass is 448 g/mol. The number of hydrogen-bond acceptors (Lipinski definition) is 4. The van der Waals surface area contributed by atoms with Crippen LogP contribution in [0, 0.1) is 5.82 Å². The van der Waals surface area contributed by atoms with Gasteiger partial charge in [0.25, 0.3) is 0 Å². The van der Waals surface area contributed by atoms with Gasteiger partial charge >= 0.3 is 6.09 Å². The van der Waals surface area contributed by atoms with Gasteiger partial charge in [-0.25, -0.2) is 9.18 Å². The zero-order valence-corrected chi connectivity index (χ0v) is 19.1. The van der Waals surface area contributed by atoms with E-state index in [2.05, 4.69) is 11.9 Å². The van der Waals surface area contributed by atoms with Crippen molar-refractivity contribution in [1.29, 1.82) is 0 Å². The van der Waals surface area contributed by atoms with Crippen molar-refractivity contribution in [3.05, 3.63) is 64.4 Å². The molecule has 0 radical (unpaired) electrons. The molecule has 1 aliphatic heterocycles. The minimum atomic E-state index is -0.439. The molecule has 0 N–H and O–H groups in total. The third-order valence-corrected chi connectivity index (χ3v) is 5.61. The quantitative estimate of drug-likeness (QED) is 0.561. The van der Waals surface area contributed by atoms with Gasteiger partial charge < -0.3 is 19.3 Å². The number of benzene rings is 2. The lowest BCUT2D eigenvalue weighted by Gasteiger charge is -2.36. The molecule has 0 unspecified atom stereocenters. The fourth-order valence-corrected chi connectivity index (χ4v) is 3.81. The molecule has 1 amide bonds. The first-order valence-corrected chi connectivity index (χ1v) is 11.0. The largest absolute Gasteiger partial charge is 0.491 e. The van der Waals surface area contributed by atoms with Crippen LogP contribution in [0.4, 0.5) is 9.18 Å². The van der Waals surface area contributed by atoms with E-state index in [9.17, 15) is 9.18 Å². The summed E-state index contributed by atoms with van der Waals surface area (Å²) in [5, 5.41) is 0.333. The van der Waals surface area contributed by atoms with Crippen LogP contribution in [-0.4, -0.2) is 48.2 Å². The second-order valence-corrected chi connectivity index (χ2v) is 8.70. The van der Waals surface area contributed by atoms with Crippen molar-refractivity contribution >= 4 is 17.7 Å². The van der Waals surface area contributed by atoms with E-state index in [1.807, 2.05) is 38.1 Å². The van der Waals surface area contributed by atoms with Gasteiger partial charge in [-0.3, -0.25) is 0 Å². The fourth-order valence-electron chi connectivity index (χ4n) is 3.65. The second-order valence-electron chi connectivity index (χ2n) is 8.26. The Hall–Kier alpha value is -2.31. The van der Waals surface area contributed by atoms with Crippen LogP contribution < -0.4 is 4.74 Å². The number of halogens is 2. The molecule has 5 nitrogen and oxygen atoms in total. The van der Waals surface area contributed by atoms with Crippen LogP contribution in [0.25, 0.3) is 0 Å². The van der Waals surface area contributed by atoms with E-state index in [4.69, 9.17) is 21.1 Å². The first-order valence-electron chi connectivity index (χ1n) is 10.6. The molecule has 3 rings (SSSR count). The Morgan fingerprint density at radius 2 is 1.87 bits per heavy atom. The number of rotatable bonds is 7. The highest BCUT2D eigenvalue weighted by molar-refractivity contribution is 6.30. The van der Waals surface area contributed by atoms with Crippen molar-refractivity contribution in [1.82, 2.24) is 9.80 Å². The molecular weight excluding hydrogens is 419 g/mol. The maximum absolute atomic E-state index is 14.4. The van der Waals surface area contributed by atoms with Gasteiger partial charge in [0, 0.05) is 16.6 Å². The van der Waals surface area contributed by atoms with Crippen LogP contribution in [0.5, 0.6) is 5.75 Å². The van der Waals surface area contributed by atoms with Gasteiger partial charge in [0.05, 0.1) is 12.6 Å². The summed E-state index contributed by atoms with van der Waals surface area (Å²) in [6.07, 6.45) is 1.30. The normalized spacial score (nSPS) is 15.2. The van der Waals surface area contributed by atoms with Gasteiger partial charge in [0.2, 0.25) is 0 Å². The highest BCUT2D eigenvalue weighted by atomic mass is 35.5. The Morgan fingerprint density at radius 1 is 1.19 bits per heavy atom. The van der Waals surface area contributed by atoms with E-state index in [0.29, 0.717) is 10.6 Å². The van der Waals surface area contributed by atoms with Gasteiger partial charge in [0.1, 0.15) is 18.2 Å². The number of carbonyl (C=O) groups excluding carboxylic acids is 1. The Labute approximate surface area is 188 Å². The first-order chi connectivity index (χ1) is 14.8. The molecule has 1 saturated heterocycles. The molecule has 168 valence electrons. The van der Waals surface area contributed by atoms with Crippen LogP contribution in [0.2, 0.25) is 5.02 Å². The van der Waals surface area contributed by atoms with E-state index in [1.54, 1.807) is 17.0 Å². The second kappa shape index (κ2) is 10.8. The summed E-state index contributed by atoms with van der Waals surface area (Å²) < 4.78 is 25.7. The molecule has 0 spiro atoms. The molecule has 1 heterocycles. The van der Waals surface area contributed by atoms with Crippen molar-refractivity contribution in [2.45, 2.75) is 52.0 Å². The summed E-state index contributed by atoms with van der Waals surface area (Å²) in [6, 6.07) is 12.0. The molecule has 7 heteroatoms. The molecule has 0 bridgehead atoms. The molecule has 2 aromatic carbocycles. The summed E-state index contributed by atoms with van der Waals surface area (Å²) in [5.41, 5.74) is 1.29. The van der Waals surface area contributed by atoms with Crippen LogP contribution in [0.3, 0.4) is 0 Å². The lowest BCUT2D eigenvalue weighted by atomic mass is 10.0. The lowest BCUT2D eigenvalue weighted by Crippen LogP contribution is -2.46. The third-order valence-electron chi connectivity index (χ3n) is 5.38. The number of carbonyl (C=O) groups is 1. The first kappa shape index (κ1) is 23.4. The Bertz CT molecular complexity index is 868. The predicted octanol–water partition coefficient (Wildman–Crippen LogP) is 5.50. The number of likely N-dealkylation sites (tertiary alicyclic amines) is 1. The predicted molar refractivity (Wildman–Crippen MR) is 120 cm³/mol. The Balaban J connectivity index is 1.68. The molecule has 0 aromatic heterocycles. The Kier molecular flexibility index (Phi) is 8.15. The minimum Gasteiger partial charge on any atom is -0.491 e. The molecule has 1 aliphatic rings. The summed E-state index contributed by atoms with van der Waals surface area (Å²) in [6.45, 7) is 6.00. The standard InChI is InChI=1S/C24H30ClFN2O3/c1-17(2)31-22-8-4-18(5-9-22)16-30-24(29)28(21-10-12-27(3)13-11-21)15-19-6-7-20(25)14-23(19)26/h4-9,14,17,21H,10-13,15-16H2,1-3H3. The summed E-state index contributed by atoms with van der Waals surface area (Å²) in [7, 11) is 2.06. The topological polar surface area (TPSA) is 42.0 Å².